The largest absolute Gasteiger partial charge is 0.353 e. The van der Waals surface area contributed by atoms with Crippen LogP contribution in [0.2, 0.25) is 5.02 Å². The Morgan fingerprint density at radius 3 is 2.52 bits per heavy atom. The number of benzene rings is 3. The van der Waals surface area contributed by atoms with Gasteiger partial charge < -0.3 is 4.98 Å². The van der Waals surface area contributed by atoms with Gasteiger partial charge in [-0.1, -0.05) is 66.2 Å². The van der Waals surface area contributed by atoms with Crippen molar-refractivity contribution in [2.45, 2.75) is 0 Å². The van der Waals surface area contributed by atoms with Crippen molar-refractivity contribution in [1.29, 1.82) is 0 Å². The quantitative estimate of drug-likeness (QED) is 0.314. The van der Waals surface area contributed by atoms with Crippen LogP contribution in [0.5, 0.6) is 0 Å². The van der Waals surface area contributed by atoms with E-state index in [2.05, 4.69) is 53.5 Å². The second-order valence-electron chi connectivity index (χ2n) is 6.67. The number of fused-ring (bicyclic) bond motifs is 7. The molecule has 0 aliphatic rings. The van der Waals surface area contributed by atoms with E-state index < -0.39 is 0 Å². The van der Waals surface area contributed by atoms with Gasteiger partial charge in [-0.15, -0.1) is 11.3 Å². The molecule has 0 unspecified atom stereocenters. The highest BCUT2D eigenvalue weighted by atomic mass is 35.5. The van der Waals surface area contributed by atoms with E-state index in [1.165, 1.54) is 26.2 Å². The molecule has 3 heterocycles. The Hall–Kier alpha value is -2.88. The summed E-state index contributed by atoms with van der Waals surface area (Å²) in [6.45, 7) is 0. The molecule has 1 N–H and O–H groups in total. The molecule has 6 rings (SSSR count). The lowest BCUT2D eigenvalue weighted by atomic mass is 10.0. The summed E-state index contributed by atoms with van der Waals surface area (Å²) >= 11 is 8.06. The van der Waals surface area contributed by atoms with Gasteiger partial charge in [0.2, 0.25) is 0 Å². The van der Waals surface area contributed by atoms with Crippen LogP contribution in [-0.2, 0) is 0 Å². The van der Waals surface area contributed by atoms with Crippen molar-refractivity contribution in [3.8, 4) is 11.3 Å². The molecule has 0 saturated heterocycles. The molecule has 4 heteroatoms. The Morgan fingerprint density at radius 1 is 0.815 bits per heavy atom. The summed E-state index contributed by atoms with van der Waals surface area (Å²) in [5.41, 5.74) is 4.38. The van der Waals surface area contributed by atoms with Gasteiger partial charge in [0.1, 0.15) is 4.83 Å². The number of H-pyrrole nitrogens is 1. The smallest absolute Gasteiger partial charge is 0.125 e. The van der Waals surface area contributed by atoms with E-state index in [1.807, 2.05) is 24.3 Å². The lowest BCUT2D eigenvalue weighted by molar-refractivity contribution is 1.44. The highest BCUT2D eigenvalue weighted by Gasteiger charge is 2.18. The zero-order valence-corrected chi connectivity index (χ0v) is 15.7. The van der Waals surface area contributed by atoms with E-state index >= 15 is 0 Å². The molecular weight excluding hydrogens is 372 g/mol. The zero-order chi connectivity index (χ0) is 18.0. The monoisotopic (exact) mass is 384 g/mol. The third-order valence-corrected chi connectivity index (χ3v) is 6.42. The van der Waals surface area contributed by atoms with E-state index in [4.69, 9.17) is 16.6 Å². The molecule has 0 bridgehead atoms. The fourth-order valence-corrected chi connectivity index (χ4v) is 5.32. The van der Waals surface area contributed by atoms with Crippen LogP contribution in [-0.4, -0.2) is 9.97 Å². The zero-order valence-electron chi connectivity index (χ0n) is 14.2. The number of pyridine rings is 1. The van der Waals surface area contributed by atoms with Crippen molar-refractivity contribution in [3.63, 3.8) is 0 Å². The highest BCUT2D eigenvalue weighted by Crippen LogP contribution is 2.45. The number of aromatic nitrogens is 2. The van der Waals surface area contributed by atoms with Crippen molar-refractivity contribution >= 4 is 65.0 Å². The molecule has 2 nitrogen and oxygen atoms in total. The molecule has 0 aliphatic heterocycles. The van der Waals surface area contributed by atoms with E-state index in [0.29, 0.717) is 0 Å². The molecule has 128 valence electrons. The fraction of sp³-hybridized carbons (Fsp3) is 0. The number of halogens is 1. The first kappa shape index (κ1) is 15.2. The summed E-state index contributed by atoms with van der Waals surface area (Å²) in [6.07, 6.45) is 0. The Labute approximate surface area is 164 Å². The third kappa shape index (κ3) is 2.16. The Morgan fingerprint density at radius 2 is 1.63 bits per heavy atom. The molecule has 0 radical (unpaired) electrons. The molecular formula is C23H13ClN2S. The number of hydrogen-bond acceptors (Lipinski definition) is 2. The first-order chi connectivity index (χ1) is 13.3. The van der Waals surface area contributed by atoms with Crippen molar-refractivity contribution in [3.05, 3.63) is 77.8 Å². The number of nitrogens with one attached hydrogen (secondary N) is 1. The topological polar surface area (TPSA) is 28.7 Å². The maximum Gasteiger partial charge on any atom is 0.125 e. The molecule has 0 saturated carbocycles. The van der Waals surface area contributed by atoms with Crippen LogP contribution < -0.4 is 0 Å². The minimum absolute atomic E-state index is 0.731. The van der Waals surface area contributed by atoms with Crippen LogP contribution in [0.25, 0.3) is 53.4 Å². The van der Waals surface area contributed by atoms with E-state index in [-0.39, 0.29) is 0 Å². The molecule has 0 amide bonds. The average Bonchev–Trinajstić information content (AvgIpc) is 3.24. The van der Waals surface area contributed by atoms with Gasteiger partial charge >= 0.3 is 0 Å². The summed E-state index contributed by atoms with van der Waals surface area (Å²) in [5.74, 6) is 0. The number of hydrogen-bond donors (Lipinski definition) is 1. The van der Waals surface area contributed by atoms with E-state index in [0.717, 1.165) is 32.1 Å². The third-order valence-electron chi connectivity index (χ3n) is 5.09. The predicted molar refractivity (Wildman–Crippen MR) is 117 cm³/mol. The van der Waals surface area contributed by atoms with Crippen molar-refractivity contribution < 1.29 is 0 Å². The summed E-state index contributed by atoms with van der Waals surface area (Å²) in [7, 11) is 0. The minimum atomic E-state index is 0.731. The second kappa shape index (κ2) is 5.56. The van der Waals surface area contributed by atoms with Gasteiger partial charge in [0.05, 0.1) is 15.9 Å². The number of rotatable bonds is 1. The van der Waals surface area contributed by atoms with Crippen LogP contribution in [0.1, 0.15) is 0 Å². The van der Waals surface area contributed by atoms with Crippen molar-refractivity contribution in [2.24, 2.45) is 0 Å². The van der Waals surface area contributed by atoms with Gasteiger partial charge in [0.25, 0.3) is 0 Å². The van der Waals surface area contributed by atoms with Gasteiger partial charge in [-0.05, 0) is 23.8 Å². The summed E-state index contributed by atoms with van der Waals surface area (Å²) in [6, 6.07) is 24.9. The average molecular weight is 385 g/mol. The van der Waals surface area contributed by atoms with Gasteiger partial charge in [-0.25, -0.2) is 4.98 Å². The van der Waals surface area contributed by atoms with Gasteiger partial charge in [-0.2, -0.15) is 0 Å². The highest BCUT2D eigenvalue weighted by molar-refractivity contribution is 7.26. The van der Waals surface area contributed by atoms with Crippen LogP contribution >= 0.6 is 22.9 Å². The lowest BCUT2D eigenvalue weighted by Gasteiger charge is -2.09. The number of aromatic amines is 1. The van der Waals surface area contributed by atoms with Gasteiger partial charge in [0.15, 0.2) is 0 Å². The summed E-state index contributed by atoms with van der Waals surface area (Å²) < 4.78 is 1.24. The van der Waals surface area contributed by atoms with E-state index in [1.54, 1.807) is 11.3 Å². The molecule has 0 atom stereocenters. The Balaban J connectivity index is 1.89. The Bertz CT molecular complexity index is 1480. The second-order valence-corrected chi connectivity index (χ2v) is 8.11. The molecule has 0 spiro atoms. The first-order valence-electron chi connectivity index (χ1n) is 8.77. The minimum Gasteiger partial charge on any atom is -0.353 e. The number of thiophene rings is 1. The normalized spacial score (nSPS) is 11.9. The SMILES string of the molecule is Clc1ccc2c(c1)[nH]c(-c1ccccc1)c1sc3nc4ccccc4c3c12. The Kier molecular flexibility index (Phi) is 3.13. The predicted octanol–water partition coefficient (Wildman–Crippen LogP) is 7.40. The molecule has 3 aromatic heterocycles. The first-order valence-corrected chi connectivity index (χ1v) is 9.96. The fourth-order valence-electron chi connectivity index (χ4n) is 3.91. The maximum atomic E-state index is 6.30. The van der Waals surface area contributed by atoms with Crippen LogP contribution in [0.15, 0.2) is 72.8 Å². The van der Waals surface area contributed by atoms with Gasteiger partial charge in [-0.3, -0.25) is 0 Å². The van der Waals surface area contributed by atoms with E-state index in [9.17, 15) is 0 Å². The lowest BCUT2D eigenvalue weighted by Crippen LogP contribution is -1.87. The number of para-hydroxylation sites is 1. The molecule has 3 aromatic carbocycles. The maximum absolute atomic E-state index is 6.30. The standard InChI is InChI=1S/C23H13ClN2S/c24-14-10-11-16-18(12-14)25-21(13-6-2-1-3-7-13)22-19(16)20-15-8-4-5-9-17(15)26-23(20)27-22/h1-12,25H. The van der Waals surface area contributed by atoms with Crippen LogP contribution in [0, 0.1) is 0 Å². The van der Waals surface area contributed by atoms with Crippen LogP contribution in [0.3, 0.4) is 0 Å². The van der Waals surface area contributed by atoms with Gasteiger partial charge in [0, 0.05) is 32.1 Å². The van der Waals surface area contributed by atoms with Crippen molar-refractivity contribution in [1.82, 2.24) is 9.97 Å². The summed E-state index contributed by atoms with van der Waals surface area (Å²) in [4.78, 5) is 9.60. The molecule has 0 fully saturated rings. The molecule has 0 aliphatic carbocycles. The molecule has 6 aromatic rings. The van der Waals surface area contributed by atoms with Crippen LogP contribution in [0.4, 0.5) is 0 Å². The molecule has 27 heavy (non-hydrogen) atoms. The van der Waals surface area contributed by atoms with Crippen molar-refractivity contribution in [2.75, 3.05) is 0 Å². The summed E-state index contributed by atoms with van der Waals surface area (Å²) in [5, 5.41) is 5.62. The number of nitrogens with zero attached hydrogens (tertiary/aromatic N) is 1.